The van der Waals surface area contributed by atoms with Crippen LogP contribution in [0, 0.1) is 5.92 Å². The zero-order chi connectivity index (χ0) is 13.8. The van der Waals surface area contributed by atoms with Crippen LogP contribution in [0.4, 0.5) is 0 Å². The number of pyridine rings is 1. The van der Waals surface area contributed by atoms with Crippen LogP contribution in [0.3, 0.4) is 0 Å². The molecule has 3 nitrogen and oxygen atoms in total. The predicted octanol–water partition coefficient (Wildman–Crippen LogP) is 3.24. The number of carbonyl (C=O) groups excluding carboxylic acids is 1. The first-order chi connectivity index (χ1) is 9.83. The molecule has 0 spiro atoms. The van der Waals surface area contributed by atoms with E-state index in [-0.39, 0.29) is 5.91 Å². The lowest BCUT2D eigenvalue weighted by Crippen LogP contribution is -2.38. The third-order valence-corrected chi connectivity index (χ3v) is 4.80. The molecule has 104 valence electrons. The molecule has 3 heterocycles. The van der Waals surface area contributed by atoms with Gasteiger partial charge in [-0.1, -0.05) is 6.07 Å². The van der Waals surface area contributed by atoms with Gasteiger partial charge in [0.05, 0.1) is 0 Å². The van der Waals surface area contributed by atoms with Crippen molar-refractivity contribution < 1.29 is 4.79 Å². The highest BCUT2D eigenvalue weighted by atomic mass is 32.1. The van der Waals surface area contributed by atoms with Gasteiger partial charge in [0.2, 0.25) is 0 Å². The third kappa shape index (κ3) is 3.07. The summed E-state index contributed by atoms with van der Waals surface area (Å²) in [6.07, 6.45) is 6.73. The number of aromatic nitrogens is 1. The van der Waals surface area contributed by atoms with Crippen molar-refractivity contribution in [1.29, 1.82) is 0 Å². The van der Waals surface area contributed by atoms with E-state index in [9.17, 15) is 4.79 Å². The van der Waals surface area contributed by atoms with Crippen LogP contribution in [-0.4, -0.2) is 28.9 Å². The molecule has 1 aliphatic heterocycles. The Bertz CT molecular complexity index is 545. The highest BCUT2D eigenvalue weighted by Crippen LogP contribution is 2.24. The van der Waals surface area contributed by atoms with Crippen LogP contribution in [0.2, 0.25) is 0 Å². The summed E-state index contributed by atoms with van der Waals surface area (Å²) in [4.78, 5) is 19.7. The van der Waals surface area contributed by atoms with Gasteiger partial charge in [-0.2, -0.15) is 0 Å². The number of carbonyl (C=O) groups is 1. The minimum Gasteiger partial charge on any atom is -0.339 e. The van der Waals surface area contributed by atoms with E-state index >= 15 is 0 Å². The monoisotopic (exact) mass is 286 g/mol. The van der Waals surface area contributed by atoms with E-state index in [1.165, 1.54) is 4.88 Å². The van der Waals surface area contributed by atoms with E-state index in [1.54, 1.807) is 24.5 Å². The van der Waals surface area contributed by atoms with Crippen LogP contribution in [0.15, 0.2) is 42.0 Å². The number of nitrogens with zero attached hydrogens (tertiary/aromatic N) is 2. The molecule has 2 aromatic rings. The number of amides is 1. The average molecular weight is 286 g/mol. The van der Waals surface area contributed by atoms with Crippen LogP contribution in [0.25, 0.3) is 0 Å². The molecular weight excluding hydrogens is 268 g/mol. The van der Waals surface area contributed by atoms with Crippen LogP contribution < -0.4 is 0 Å². The zero-order valence-electron chi connectivity index (χ0n) is 11.4. The second kappa shape index (κ2) is 6.18. The normalized spacial score (nSPS) is 16.3. The lowest BCUT2D eigenvalue weighted by atomic mass is 9.92. The maximum atomic E-state index is 12.3. The smallest absolute Gasteiger partial charge is 0.253 e. The van der Waals surface area contributed by atoms with Gasteiger partial charge >= 0.3 is 0 Å². The van der Waals surface area contributed by atoms with E-state index < -0.39 is 0 Å². The molecule has 1 fully saturated rings. The Morgan fingerprint density at radius 1 is 1.25 bits per heavy atom. The second-order valence-electron chi connectivity index (χ2n) is 5.25. The molecule has 0 bridgehead atoms. The lowest BCUT2D eigenvalue weighted by Gasteiger charge is -2.32. The summed E-state index contributed by atoms with van der Waals surface area (Å²) >= 11 is 1.83. The van der Waals surface area contributed by atoms with Gasteiger partial charge in [-0.25, -0.2) is 0 Å². The largest absolute Gasteiger partial charge is 0.339 e. The number of hydrogen-bond acceptors (Lipinski definition) is 3. The van der Waals surface area contributed by atoms with E-state index in [2.05, 4.69) is 22.5 Å². The molecule has 1 aliphatic rings. The van der Waals surface area contributed by atoms with Crippen molar-refractivity contribution >= 4 is 17.2 Å². The van der Waals surface area contributed by atoms with Gasteiger partial charge in [0.15, 0.2) is 0 Å². The summed E-state index contributed by atoms with van der Waals surface area (Å²) in [7, 11) is 0. The first kappa shape index (κ1) is 13.3. The third-order valence-electron chi connectivity index (χ3n) is 3.90. The molecule has 1 amide bonds. The molecule has 0 unspecified atom stereocenters. The summed E-state index contributed by atoms with van der Waals surface area (Å²) < 4.78 is 0. The molecule has 20 heavy (non-hydrogen) atoms. The highest BCUT2D eigenvalue weighted by Gasteiger charge is 2.23. The van der Waals surface area contributed by atoms with Crippen molar-refractivity contribution in [2.75, 3.05) is 13.1 Å². The Morgan fingerprint density at radius 3 is 2.65 bits per heavy atom. The van der Waals surface area contributed by atoms with E-state index in [1.807, 2.05) is 16.2 Å². The molecule has 0 aromatic carbocycles. The minimum atomic E-state index is 0.141. The summed E-state index contributed by atoms with van der Waals surface area (Å²) in [6, 6.07) is 7.90. The molecule has 0 aliphatic carbocycles. The second-order valence-corrected chi connectivity index (χ2v) is 6.29. The topological polar surface area (TPSA) is 33.2 Å². The minimum absolute atomic E-state index is 0.141. The van der Waals surface area contributed by atoms with Crippen LogP contribution in [0.5, 0.6) is 0 Å². The maximum absolute atomic E-state index is 12.3. The Morgan fingerprint density at radius 2 is 2.00 bits per heavy atom. The van der Waals surface area contributed by atoms with Gasteiger partial charge in [0.1, 0.15) is 0 Å². The first-order valence-corrected chi connectivity index (χ1v) is 7.92. The summed E-state index contributed by atoms with van der Waals surface area (Å²) in [5.74, 6) is 0.858. The molecule has 1 saturated heterocycles. The summed E-state index contributed by atoms with van der Waals surface area (Å²) in [5, 5.41) is 2.14. The van der Waals surface area contributed by atoms with Gasteiger partial charge in [-0.3, -0.25) is 9.78 Å². The van der Waals surface area contributed by atoms with Crippen molar-refractivity contribution in [3.63, 3.8) is 0 Å². The molecule has 2 aromatic heterocycles. The summed E-state index contributed by atoms with van der Waals surface area (Å²) in [6.45, 7) is 1.74. The number of likely N-dealkylation sites (tertiary alicyclic amines) is 1. The fraction of sp³-hybridized carbons (Fsp3) is 0.375. The van der Waals surface area contributed by atoms with E-state index in [0.29, 0.717) is 0 Å². The van der Waals surface area contributed by atoms with E-state index in [4.69, 9.17) is 0 Å². The molecule has 0 atom stereocenters. The maximum Gasteiger partial charge on any atom is 0.253 e. The quantitative estimate of drug-likeness (QED) is 0.868. The Kier molecular flexibility index (Phi) is 4.11. The molecule has 0 N–H and O–H groups in total. The fourth-order valence-corrected chi connectivity index (χ4v) is 3.55. The van der Waals surface area contributed by atoms with Crippen LogP contribution >= 0.6 is 11.3 Å². The van der Waals surface area contributed by atoms with Crippen LogP contribution in [0.1, 0.15) is 28.1 Å². The van der Waals surface area contributed by atoms with Gasteiger partial charge in [0, 0.05) is 35.9 Å². The van der Waals surface area contributed by atoms with Gasteiger partial charge in [0.25, 0.3) is 5.91 Å². The Balaban J connectivity index is 1.55. The molecule has 0 saturated carbocycles. The summed E-state index contributed by atoms with van der Waals surface area (Å²) in [5.41, 5.74) is 0.747. The standard InChI is InChI=1S/C16H18N2OS/c19-16(14-3-7-17-8-4-14)18-9-5-13(6-10-18)12-15-2-1-11-20-15/h1-4,7-8,11,13H,5-6,9-10,12H2. The molecular formula is C16H18N2OS. The van der Waals surface area contributed by atoms with Gasteiger partial charge in [-0.15, -0.1) is 11.3 Å². The molecule has 3 rings (SSSR count). The van der Waals surface area contributed by atoms with Gasteiger partial charge in [-0.05, 0) is 48.8 Å². The van der Waals surface area contributed by atoms with E-state index in [0.717, 1.165) is 43.8 Å². The molecule has 4 heteroatoms. The van der Waals surface area contributed by atoms with Crippen LogP contribution in [-0.2, 0) is 6.42 Å². The Labute approximate surface area is 123 Å². The molecule has 0 radical (unpaired) electrons. The van der Waals surface area contributed by atoms with Crippen molar-refractivity contribution in [2.45, 2.75) is 19.3 Å². The van der Waals surface area contributed by atoms with Crippen molar-refractivity contribution in [2.24, 2.45) is 5.92 Å². The number of thiophene rings is 1. The fourth-order valence-electron chi connectivity index (χ4n) is 2.73. The van der Waals surface area contributed by atoms with Gasteiger partial charge < -0.3 is 4.90 Å². The SMILES string of the molecule is O=C(c1ccncc1)N1CCC(Cc2cccs2)CC1. The van der Waals surface area contributed by atoms with Crippen molar-refractivity contribution in [1.82, 2.24) is 9.88 Å². The zero-order valence-corrected chi connectivity index (χ0v) is 12.2. The highest BCUT2D eigenvalue weighted by molar-refractivity contribution is 7.09. The van der Waals surface area contributed by atoms with Crippen molar-refractivity contribution in [3.05, 3.63) is 52.5 Å². The first-order valence-electron chi connectivity index (χ1n) is 7.04. The number of piperidine rings is 1. The average Bonchev–Trinajstić information content (AvgIpc) is 3.01. The lowest BCUT2D eigenvalue weighted by molar-refractivity contribution is 0.0690. The van der Waals surface area contributed by atoms with Crippen molar-refractivity contribution in [3.8, 4) is 0 Å². The number of rotatable bonds is 3. The number of hydrogen-bond donors (Lipinski definition) is 0. The predicted molar refractivity (Wildman–Crippen MR) is 80.9 cm³/mol. The Hall–Kier alpha value is -1.68.